The maximum atomic E-state index is 3.99. The van der Waals surface area contributed by atoms with Gasteiger partial charge in [-0.15, -0.1) is 0 Å². The SMILES string of the molecule is CCCCCCCCCCCCCCCCCC(CC)N1CN=NN1. The number of hydrogen-bond acceptors (Lipinski definition) is 4. The zero-order chi connectivity index (χ0) is 18.0. The average molecular weight is 353 g/mol. The van der Waals surface area contributed by atoms with E-state index in [-0.39, 0.29) is 0 Å². The van der Waals surface area contributed by atoms with Gasteiger partial charge in [-0.2, -0.15) is 10.1 Å². The lowest BCUT2D eigenvalue weighted by atomic mass is 10.0. The van der Waals surface area contributed by atoms with Crippen LogP contribution in [0.2, 0.25) is 0 Å². The fourth-order valence-corrected chi connectivity index (χ4v) is 3.75. The summed E-state index contributed by atoms with van der Waals surface area (Å²) in [6.45, 7) is 5.27. The highest BCUT2D eigenvalue weighted by Crippen LogP contribution is 2.16. The quantitative estimate of drug-likeness (QED) is 0.265. The van der Waals surface area contributed by atoms with Crippen molar-refractivity contribution in [2.75, 3.05) is 6.67 Å². The Balaban J connectivity index is 1.75. The van der Waals surface area contributed by atoms with Gasteiger partial charge in [-0.3, -0.25) is 0 Å². The molecule has 0 amide bonds. The highest BCUT2D eigenvalue weighted by atomic mass is 15.8. The van der Waals surface area contributed by atoms with Crippen LogP contribution in [0.1, 0.15) is 123 Å². The second kappa shape index (κ2) is 16.8. The molecule has 0 aliphatic carbocycles. The van der Waals surface area contributed by atoms with Crippen molar-refractivity contribution < 1.29 is 0 Å². The molecular formula is C21H44N4. The van der Waals surface area contributed by atoms with E-state index in [1.165, 1.54) is 109 Å². The Morgan fingerprint density at radius 1 is 0.720 bits per heavy atom. The predicted molar refractivity (Wildman–Crippen MR) is 108 cm³/mol. The summed E-state index contributed by atoms with van der Waals surface area (Å²) in [7, 11) is 0. The van der Waals surface area contributed by atoms with E-state index in [1.807, 2.05) is 0 Å². The van der Waals surface area contributed by atoms with Crippen LogP contribution in [0.4, 0.5) is 0 Å². The van der Waals surface area contributed by atoms with Crippen LogP contribution in [0, 0.1) is 0 Å². The van der Waals surface area contributed by atoms with Gasteiger partial charge in [0.2, 0.25) is 0 Å². The van der Waals surface area contributed by atoms with E-state index in [2.05, 4.69) is 34.7 Å². The first-order chi connectivity index (χ1) is 12.4. The van der Waals surface area contributed by atoms with Crippen molar-refractivity contribution in [3.8, 4) is 0 Å². The first kappa shape index (κ1) is 22.4. The molecule has 0 aromatic heterocycles. The molecule has 0 saturated carbocycles. The van der Waals surface area contributed by atoms with Gasteiger partial charge in [0.25, 0.3) is 0 Å². The average Bonchev–Trinajstić information content (AvgIpc) is 3.16. The van der Waals surface area contributed by atoms with Gasteiger partial charge < -0.3 is 0 Å². The molecule has 0 saturated heterocycles. The Morgan fingerprint density at radius 3 is 1.60 bits per heavy atom. The number of hydrogen-bond donors (Lipinski definition) is 1. The third kappa shape index (κ3) is 12.4. The van der Waals surface area contributed by atoms with Crippen molar-refractivity contribution in [2.24, 2.45) is 10.3 Å². The Labute approximate surface area is 157 Å². The number of rotatable bonds is 18. The molecule has 0 bridgehead atoms. The molecule has 0 fully saturated rings. The molecule has 0 spiro atoms. The van der Waals surface area contributed by atoms with Crippen molar-refractivity contribution >= 4 is 0 Å². The molecule has 4 nitrogen and oxygen atoms in total. The van der Waals surface area contributed by atoms with Gasteiger partial charge in [0, 0.05) is 6.04 Å². The topological polar surface area (TPSA) is 40.0 Å². The van der Waals surface area contributed by atoms with Crippen LogP contribution >= 0.6 is 0 Å². The third-order valence-corrected chi connectivity index (χ3v) is 5.51. The van der Waals surface area contributed by atoms with E-state index >= 15 is 0 Å². The highest BCUT2D eigenvalue weighted by molar-refractivity contribution is 4.67. The monoisotopic (exact) mass is 352 g/mol. The minimum Gasteiger partial charge on any atom is -0.220 e. The van der Waals surface area contributed by atoms with Gasteiger partial charge in [-0.1, -0.05) is 115 Å². The lowest BCUT2D eigenvalue weighted by Gasteiger charge is -2.23. The summed E-state index contributed by atoms with van der Waals surface area (Å²) in [6, 6.07) is 0.594. The highest BCUT2D eigenvalue weighted by Gasteiger charge is 2.18. The summed E-state index contributed by atoms with van der Waals surface area (Å²) in [6.07, 6.45) is 23.9. The number of unbranched alkanes of at least 4 members (excludes halogenated alkanes) is 14. The first-order valence-electron chi connectivity index (χ1n) is 11.3. The molecule has 1 unspecified atom stereocenters. The molecule has 25 heavy (non-hydrogen) atoms. The summed E-state index contributed by atoms with van der Waals surface area (Å²) in [5.41, 5.74) is 3.00. The van der Waals surface area contributed by atoms with Crippen molar-refractivity contribution in [1.29, 1.82) is 0 Å². The first-order valence-corrected chi connectivity index (χ1v) is 11.3. The Hall–Kier alpha value is -0.640. The second-order valence-electron chi connectivity index (χ2n) is 7.75. The molecule has 0 aromatic rings. The van der Waals surface area contributed by atoms with Crippen molar-refractivity contribution in [3.05, 3.63) is 0 Å². The maximum Gasteiger partial charge on any atom is 0.133 e. The molecule has 1 N–H and O–H groups in total. The predicted octanol–water partition coefficient (Wildman–Crippen LogP) is 7.17. The van der Waals surface area contributed by atoms with Crippen LogP contribution in [-0.4, -0.2) is 17.7 Å². The van der Waals surface area contributed by atoms with Crippen molar-refractivity contribution in [3.63, 3.8) is 0 Å². The van der Waals surface area contributed by atoms with Crippen LogP contribution in [0.5, 0.6) is 0 Å². The molecule has 1 atom stereocenters. The molecule has 148 valence electrons. The number of hydrazine groups is 1. The van der Waals surface area contributed by atoms with Crippen molar-refractivity contribution in [1.82, 2.24) is 10.5 Å². The maximum absolute atomic E-state index is 3.99. The standard InChI is InChI=1S/C21H44N4/c1-3-5-6-7-8-9-10-11-12-13-14-15-16-17-18-19-21(4-2)25-20-22-23-24-25/h21H,3-20H2,1-2H3,(H,22,24). The van der Waals surface area contributed by atoms with E-state index in [9.17, 15) is 0 Å². The minimum atomic E-state index is 0.594. The van der Waals surface area contributed by atoms with Crippen molar-refractivity contribution in [2.45, 2.75) is 129 Å². The fraction of sp³-hybridized carbons (Fsp3) is 1.00. The summed E-state index contributed by atoms with van der Waals surface area (Å²) in [4.78, 5) is 0. The zero-order valence-corrected chi connectivity index (χ0v) is 17.1. The smallest absolute Gasteiger partial charge is 0.133 e. The summed E-state index contributed by atoms with van der Waals surface area (Å²) < 4.78 is 0. The zero-order valence-electron chi connectivity index (χ0n) is 17.1. The van der Waals surface area contributed by atoms with Gasteiger partial charge in [-0.25, -0.2) is 5.53 Å². The van der Waals surface area contributed by atoms with Gasteiger partial charge in [0.1, 0.15) is 6.67 Å². The van der Waals surface area contributed by atoms with Gasteiger partial charge in [0.05, 0.1) is 0 Å². The second-order valence-corrected chi connectivity index (χ2v) is 7.75. The summed E-state index contributed by atoms with van der Waals surface area (Å²) in [5.74, 6) is 0. The lowest BCUT2D eigenvalue weighted by Crippen LogP contribution is -2.39. The van der Waals surface area contributed by atoms with Gasteiger partial charge in [0.15, 0.2) is 0 Å². The Bertz CT molecular complexity index is 298. The molecule has 1 aliphatic heterocycles. The summed E-state index contributed by atoms with van der Waals surface area (Å²) >= 11 is 0. The Kier molecular flexibility index (Phi) is 15.1. The van der Waals surface area contributed by atoms with Crippen LogP contribution in [0.25, 0.3) is 0 Å². The van der Waals surface area contributed by atoms with Crippen LogP contribution in [0.15, 0.2) is 10.3 Å². The molecule has 0 aromatic carbocycles. The fourth-order valence-electron chi connectivity index (χ4n) is 3.75. The molecular weight excluding hydrogens is 308 g/mol. The number of nitrogens with one attached hydrogen (secondary N) is 1. The Morgan fingerprint density at radius 2 is 1.20 bits per heavy atom. The lowest BCUT2D eigenvalue weighted by molar-refractivity contribution is 0.146. The van der Waals surface area contributed by atoms with E-state index < -0.39 is 0 Å². The molecule has 0 radical (unpaired) electrons. The number of nitrogens with zero attached hydrogens (tertiary/aromatic N) is 3. The third-order valence-electron chi connectivity index (χ3n) is 5.51. The van der Waals surface area contributed by atoms with Crippen LogP contribution < -0.4 is 5.53 Å². The largest absolute Gasteiger partial charge is 0.220 e. The van der Waals surface area contributed by atoms with E-state index in [1.54, 1.807) is 0 Å². The molecule has 4 heteroatoms. The van der Waals surface area contributed by atoms with Crippen LogP contribution in [-0.2, 0) is 0 Å². The van der Waals surface area contributed by atoms with E-state index in [0.717, 1.165) is 6.67 Å². The normalized spacial score (nSPS) is 15.6. The van der Waals surface area contributed by atoms with E-state index in [0.29, 0.717) is 6.04 Å². The minimum absolute atomic E-state index is 0.594. The van der Waals surface area contributed by atoms with Gasteiger partial charge in [-0.05, 0) is 12.8 Å². The van der Waals surface area contributed by atoms with E-state index in [4.69, 9.17) is 0 Å². The van der Waals surface area contributed by atoms with Crippen LogP contribution in [0.3, 0.4) is 0 Å². The molecule has 1 rings (SSSR count). The summed E-state index contributed by atoms with van der Waals surface area (Å²) in [5, 5.41) is 10.0. The van der Waals surface area contributed by atoms with Gasteiger partial charge >= 0.3 is 0 Å². The molecule has 1 heterocycles. The molecule has 1 aliphatic rings.